The lowest BCUT2D eigenvalue weighted by molar-refractivity contribution is -0.318. The Bertz CT molecular complexity index is 782. The van der Waals surface area contributed by atoms with Gasteiger partial charge in [0.05, 0.1) is 23.9 Å². The first-order valence-electron chi connectivity index (χ1n) is 10.8. The minimum atomic E-state index is -2.77. The molecule has 0 saturated carbocycles. The standard InChI is InChI=1S/C19H28O11/c1-8-12(20)14(22)16(24)18(28-8)27-7-11-13(21)15(23)17(25)19(30-11)29-10-6-4-3-5-9(10)26-2/h3-6,8,11-25H,7H2,1-2H3/t8-,11+,12-,13+,14+,15-,16+,17+,18+,19+/m0/s1/i2D3. The van der Waals surface area contributed by atoms with E-state index in [0.717, 1.165) is 0 Å². The fourth-order valence-electron chi connectivity index (χ4n) is 3.25. The molecule has 10 atom stereocenters. The number of rotatable bonds is 6. The zero-order valence-electron chi connectivity index (χ0n) is 19.0. The largest absolute Gasteiger partial charge is 0.493 e. The third-order valence-electron chi connectivity index (χ3n) is 5.10. The Morgan fingerprint density at radius 3 is 2.17 bits per heavy atom. The smallest absolute Gasteiger partial charge is 0.229 e. The molecule has 0 aliphatic carbocycles. The highest BCUT2D eigenvalue weighted by Gasteiger charge is 2.47. The number of hydrogen-bond acceptors (Lipinski definition) is 11. The minimum Gasteiger partial charge on any atom is -0.493 e. The molecule has 2 saturated heterocycles. The van der Waals surface area contributed by atoms with Gasteiger partial charge in [-0.1, -0.05) is 12.1 Å². The van der Waals surface area contributed by atoms with Gasteiger partial charge in [-0.3, -0.25) is 0 Å². The van der Waals surface area contributed by atoms with E-state index in [0.29, 0.717) is 0 Å². The average Bonchev–Trinajstić information content (AvgIpc) is 2.75. The Morgan fingerprint density at radius 1 is 0.833 bits per heavy atom. The first kappa shape index (κ1) is 19.2. The molecule has 11 nitrogen and oxygen atoms in total. The third-order valence-corrected chi connectivity index (χ3v) is 5.10. The van der Waals surface area contributed by atoms with Crippen LogP contribution in [0.1, 0.15) is 11.0 Å². The summed E-state index contributed by atoms with van der Waals surface area (Å²) in [5.41, 5.74) is 0. The van der Waals surface area contributed by atoms with E-state index in [9.17, 15) is 30.6 Å². The highest BCUT2D eigenvalue weighted by molar-refractivity contribution is 5.39. The van der Waals surface area contributed by atoms with E-state index in [-0.39, 0.29) is 11.5 Å². The average molecular weight is 435 g/mol. The number of ether oxygens (including phenoxy) is 5. The lowest BCUT2D eigenvalue weighted by Crippen LogP contribution is -2.61. The molecule has 0 aromatic heterocycles. The second kappa shape index (κ2) is 9.73. The van der Waals surface area contributed by atoms with Gasteiger partial charge in [0.25, 0.3) is 0 Å². The number of aliphatic hydroxyl groups excluding tert-OH is 6. The van der Waals surface area contributed by atoms with Gasteiger partial charge in [0.2, 0.25) is 6.29 Å². The van der Waals surface area contributed by atoms with E-state index in [2.05, 4.69) is 0 Å². The first-order valence-corrected chi connectivity index (χ1v) is 9.34. The molecular formula is C19H28O11. The predicted octanol–water partition coefficient (Wildman–Crippen LogP) is -2.27. The maximum atomic E-state index is 10.3. The van der Waals surface area contributed by atoms with Crippen molar-refractivity contribution >= 4 is 0 Å². The molecule has 0 spiro atoms. The number of methoxy groups -OCH3 is 1. The van der Waals surface area contributed by atoms with Crippen LogP contribution in [0.5, 0.6) is 11.5 Å². The van der Waals surface area contributed by atoms with Gasteiger partial charge in [-0.05, 0) is 19.1 Å². The van der Waals surface area contributed by atoms with Crippen LogP contribution in [0, 0.1) is 0 Å². The van der Waals surface area contributed by atoms with Crippen LogP contribution in [-0.4, -0.2) is 106 Å². The van der Waals surface area contributed by atoms with Crippen LogP contribution in [-0.2, 0) is 14.2 Å². The molecule has 3 rings (SSSR count). The van der Waals surface area contributed by atoms with E-state index < -0.39 is 75.1 Å². The van der Waals surface area contributed by atoms with Crippen molar-refractivity contribution < 1.29 is 58.4 Å². The van der Waals surface area contributed by atoms with Crippen LogP contribution in [0.2, 0.25) is 0 Å². The summed E-state index contributed by atoms with van der Waals surface area (Å²) < 4.78 is 48.3. The van der Waals surface area contributed by atoms with Gasteiger partial charge < -0.3 is 54.3 Å². The summed E-state index contributed by atoms with van der Waals surface area (Å²) in [5.74, 6) is -0.264. The monoisotopic (exact) mass is 435 g/mol. The fourth-order valence-corrected chi connectivity index (χ4v) is 3.25. The van der Waals surface area contributed by atoms with Gasteiger partial charge in [0.15, 0.2) is 17.8 Å². The van der Waals surface area contributed by atoms with Crippen molar-refractivity contribution in [1.29, 1.82) is 0 Å². The number of aliphatic hydroxyl groups is 6. The van der Waals surface area contributed by atoms with Crippen molar-refractivity contribution in [2.75, 3.05) is 13.6 Å². The molecule has 30 heavy (non-hydrogen) atoms. The normalized spacial score (nSPS) is 43.9. The topological polar surface area (TPSA) is 168 Å². The zero-order chi connectivity index (χ0) is 24.5. The van der Waals surface area contributed by atoms with E-state index >= 15 is 0 Å². The summed E-state index contributed by atoms with van der Waals surface area (Å²) in [6.45, 7) is 1.00. The second-order valence-corrected chi connectivity index (χ2v) is 7.20. The molecule has 0 bridgehead atoms. The van der Waals surface area contributed by atoms with Crippen molar-refractivity contribution in [3.8, 4) is 11.5 Å². The molecule has 0 radical (unpaired) electrons. The minimum absolute atomic E-state index is 0.0992. The molecule has 6 N–H and O–H groups in total. The summed E-state index contributed by atoms with van der Waals surface area (Å²) >= 11 is 0. The van der Waals surface area contributed by atoms with E-state index in [4.69, 9.17) is 27.8 Å². The summed E-state index contributed by atoms with van der Waals surface area (Å²) in [6.07, 6.45) is -14.6. The molecule has 0 unspecified atom stereocenters. The molecule has 2 aliphatic heterocycles. The Balaban J connectivity index is 1.68. The van der Waals surface area contributed by atoms with Crippen molar-refractivity contribution in [3.05, 3.63) is 24.3 Å². The van der Waals surface area contributed by atoms with Gasteiger partial charge in [0, 0.05) is 0 Å². The summed E-state index contributed by atoms with van der Waals surface area (Å²) in [4.78, 5) is 0. The predicted molar refractivity (Wildman–Crippen MR) is 98.6 cm³/mol. The van der Waals surface area contributed by atoms with Gasteiger partial charge in [-0.2, -0.15) is 0 Å². The van der Waals surface area contributed by atoms with Crippen LogP contribution < -0.4 is 9.47 Å². The molecule has 0 amide bonds. The maximum absolute atomic E-state index is 10.3. The highest BCUT2D eigenvalue weighted by atomic mass is 16.7. The second-order valence-electron chi connectivity index (χ2n) is 7.20. The third kappa shape index (κ3) is 4.69. The Kier molecular flexibility index (Phi) is 6.21. The number of hydrogen-bond donors (Lipinski definition) is 6. The van der Waals surface area contributed by atoms with Crippen LogP contribution >= 0.6 is 0 Å². The van der Waals surface area contributed by atoms with Crippen molar-refractivity contribution in [1.82, 2.24) is 0 Å². The molecular weight excluding hydrogens is 404 g/mol. The molecule has 1 aromatic rings. The van der Waals surface area contributed by atoms with E-state index in [1.807, 2.05) is 0 Å². The van der Waals surface area contributed by atoms with Gasteiger partial charge >= 0.3 is 0 Å². The lowest BCUT2D eigenvalue weighted by atomic mass is 9.98. The van der Waals surface area contributed by atoms with Crippen molar-refractivity contribution in [3.63, 3.8) is 0 Å². The van der Waals surface area contributed by atoms with Crippen LogP contribution in [0.4, 0.5) is 0 Å². The molecule has 2 fully saturated rings. The maximum Gasteiger partial charge on any atom is 0.229 e. The number of para-hydroxylation sites is 2. The van der Waals surface area contributed by atoms with Gasteiger partial charge in [-0.25, -0.2) is 0 Å². The first-order chi connectivity index (χ1) is 15.4. The Hall–Kier alpha value is -1.54. The summed E-state index contributed by atoms with van der Waals surface area (Å²) in [7, 11) is -2.77. The lowest BCUT2D eigenvalue weighted by Gasteiger charge is -2.42. The summed E-state index contributed by atoms with van der Waals surface area (Å²) in [6, 6.07) is 5.71. The number of benzene rings is 1. The fraction of sp³-hybridized carbons (Fsp3) is 0.684. The van der Waals surface area contributed by atoms with Gasteiger partial charge in [-0.15, -0.1) is 0 Å². The van der Waals surface area contributed by atoms with Crippen molar-refractivity contribution in [2.24, 2.45) is 0 Å². The van der Waals surface area contributed by atoms with Crippen LogP contribution in [0.15, 0.2) is 24.3 Å². The van der Waals surface area contributed by atoms with E-state index in [1.54, 1.807) is 0 Å². The molecule has 11 heteroatoms. The molecule has 1 aromatic carbocycles. The molecule has 170 valence electrons. The molecule has 2 aliphatic rings. The van der Waals surface area contributed by atoms with Gasteiger partial charge in [0.1, 0.15) is 42.7 Å². The SMILES string of the molecule is [2H]C([2H])([2H])Oc1ccccc1O[C@@H]1O[C@H](CO[C@@H]2O[C@@H](C)[C@H](O)[C@@H](O)[C@H]2O)[C@@H](O)[C@H](O)[C@H]1O. The quantitative estimate of drug-likeness (QED) is 0.285. The van der Waals surface area contributed by atoms with Crippen molar-refractivity contribution in [2.45, 2.75) is 68.3 Å². The zero-order valence-corrected chi connectivity index (χ0v) is 16.0. The summed E-state index contributed by atoms with van der Waals surface area (Å²) in [5, 5.41) is 60.5. The molecule has 2 heterocycles. The Morgan fingerprint density at radius 2 is 1.47 bits per heavy atom. The van der Waals surface area contributed by atoms with E-state index in [1.165, 1.54) is 31.2 Å². The Labute approximate surface area is 177 Å². The van der Waals surface area contributed by atoms with Crippen LogP contribution in [0.3, 0.4) is 0 Å². The highest BCUT2D eigenvalue weighted by Crippen LogP contribution is 2.31. The van der Waals surface area contributed by atoms with Crippen LogP contribution in [0.25, 0.3) is 0 Å².